The molecule has 0 aliphatic heterocycles. The fraction of sp³-hybridized carbons (Fsp3) is 0.0714. The minimum Gasteiger partial charge on any atom is -0.425 e. The van der Waals surface area contributed by atoms with Crippen molar-refractivity contribution in [1.82, 2.24) is 0 Å². The molecule has 0 heterocycles. The fourth-order valence-corrected chi connectivity index (χ4v) is 1.62. The van der Waals surface area contributed by atoms with Crippen molar-refractivity contribution >= 4 is 34.9 Å². The number of nitrogen functional groups attached to an aromatic ring is 1. The Balaban J connectivity index is 0.000000200. The van der Waals surface area contributed by atoms with E-state index in [1.54, 1.807) is 42.5 Å². The van der Waals surface area contributed by atoms with Crippen molar-refractivity contribution < 1.29 is 9.53 Å². The summed E-state index contributed by atoms with van der Waals surface area (Å²) in [6.07, 6.45) is 0. The Hall–Kier alpha value is -1.71. The summed E-state index contributed by atoms with van der Waals surface area (Å²) in [5, 5.41) is 1.36. The van der Waals surface area contributed by atoms with E-state index in [9.17, 15) is 4.79 Å². The number of ether oxygens (including phenoxy) is 1. The Kier molecular flexibility index (Phi) is 6.19. The van der Waals surface area contributed by atoms with Gasteiger partial charge in [-0.15, -0.1) is 0 Å². The highest BCUT2D eigenvalue weighted by molar-refractivity contribution is 6.34. The number of halogens is 2. The Morgan fingerprint density at radius 3 is 2.05 bits per heavy atom. The first kappa shape index (κ1) is 15.3. The van der Waals surface area contributed by atoms with Gasteiger partial charge in [-0.1, -0.05) is 41.4 Å². The molecule has 0 aliphatic rings. The Morgan fingerprint density at radius 2 is 1.63 bits per heavy atom. The number of hydrogen-bond acceptors (Lipinski definition) is 3. The van der Waals surface area contributed by atoms with E-state index in [0.717, 1.165) is 0 Å². The minimum absolute atomic E-state index is 0.358. The molecule has 0 bridgehead atoms. The Morgan fingerprint density at radius 1 is 1.05 bits per heavy atom. The summed E-state index contributed by atoms with van der Waals surface area (Å²) in [4.78, 5) is 10.5. The highest BCUT2D eigenvalue weighted by Gasteiger charge is 1.99. The van der Waals surface area contributed by atoms with Crippen molar-refractivity contribution in [1.29, 1.82) is 0 Å². The van der Waals surface area contributed by atoms with Crippen molar-refractivity contribution in [2.75, 3.05) is 5.73 Å². The zero-order chi connectivity index (χ0) is 14.3. The SMILES string of the molecule is CC(=O)Oc1ccccc1N.Clc1cccc(Cl)c1. The van der Waals surface area contributed by atoms with Gasteiger partial charge in [-0.05, 0) is 30.3 Å². The molecule has 0 amide bonds. The van der Waals surface area contributed by atoms with Gasteiger partial charge in [0.25, 0.3) is 0 Å². The molecule has 2 aromatic carbocycles. The van der Waals surface area contributed by atoms with Crippen LogP contribution in [0.1, 0.15) is 6.92 Å². The van der Waals surface area contributed by atoms with Gasteiger partial charge < -0.3 is 10.5 Å². The first-order chi connectivity index (χ1) is 8.99. The molecule has 0 spiro atoms. The third-order valence-corrected chi connectivity index (χ3v) is 2.43. The summed E-state index contributed by atoms with van der Waals surface area (Å²) in [5.41, 5.74) is 5.97. The van der Waals surface area contributed by atoms with E-state index in [1.807, 2.05) is 6.07 Å². The maximum atomic E-state index is 10.5. The van der Waals surface area contributed by atoms with E-state index in [4.69, 9.17) is 33.7 Å². The normalized spacial score (nSPS) is 9.21. The van der Waals surface area contributed by atoms with Gasteiger partial charge in [0.15, 0.2) is 5.75 Å². The van der Waals surface area contributed by atoms with Crippen LogP contribution in [-0.4, -0.2) is 5.97 Å². The zero-order valence-electron chi connectivity index (χ0n) is 10.3. The summed E-state index contributed by atoms with van der Waals surface area (Å²) >= 11 is 11.1. The summed E-state index contributed by atoms with van der Waals surface area (Å²) in [6, 6.07) is 13.9. The van der Waals surface area contributed by atoms with Crippen molar-refractivity contribution in [3.05, 3.63) is 58.6 Å². The average molecular weight is 298 g/mol. The molecule has 0 aromatic heterocycles. The van der Waals surface area contributed by atoms with Gasteiger partial charge in [0.2, 0.25) is 0 Å². The molecule has 100 valence electrons. The van der Waals surface area contributed by atoms with Crippen LogP contribution in [0, 0.1) is 0 Å². The van der Waals surface area contributed by atoms with Crippen LogP contribution in [0.3, 0.4) is 0 Å². The van der Waals surface area contributed by atoms with E-state index >= 15 is 0 Å². The predicted octanol–water partition coefficient (Wildman–Crippen LogP) is 4.19. The summed E-state index contributed by atoms with van der Waals surface area (Å²) in [7, 11) is 0. The lowest BCUT2D eigenvalue weighted by Crippen LogP contribution is -2.03. The number of benzene rings is 2. The van der Waals surface area contributed by atoms with Crippen molar-refractivity contribution in [3.63, 3.8) is 0 Å². The number of esters is 1. The molecular formula is C14H13Cl2NO2. The van der Waals surface area contributed by atoms with Gasteiger partial charge in [0, 0.05) is 17.0 Å². The first-order valence-electron chi connectivity index (χ1n) is 5.43. The van der Waals surface area contributed by atoms with Crippen molar-refractivity contribution in [2.24, 2.45) is 0 Å². The molecule has 3 nitrogen and oxygen atoms in total. The molecule has 0 saturated carbocycles. The predicted molar refractivity (Wildman–Crippen MR) is 78.6 cm³/mol. The van der Waals surface area contributed by atoms with Crippen molar-refractivity contribution in [3.8, 4) is 5.75 Å². The smallest absolute Gasteiger partial charge is 0.308 e. The van der Waals surface area contributed by atoms with Gasteiger partial charge in [-0.3, -0.25) is 4.79 Å². The second-order valence-electron chi connectivity index (χ2n) is 3.57. The molecule has 0 unspecified atom stereocenters. The lowest BCUT2D eigenvalue weighted by molar-refractivity contribution is -0.131. The molecule has 2 rings (SSSR count). The van der Waals surface area contributed by atoms with Crippen molar-refractivity contribution in [2.45, 2.75) is 6.92 Å². The highest BCUT2D eigenvalue weighted by Crippen LogP contribution is 2.19. The zero-order valence-corrected chi connectivity index (χ0v) is 11.8. The average Bonchev–Trinajstić information content (AvgIpc) is 2.32. The third kappa shape index (κ3) is 6.13. The number of hydrogen-bond donors (Lipinski definition) is 1. The lowest BCUT2D eigenvalue weighted by atomic mass is 10.3. The maximum Gasteiger partial charge on any atom is 0.308 e. The van der Waals surface area contributed by atoms with Crippen LogP contribution in [-0.2, 0) is 4.79 Å². The van der Waals surface area contributed by atoms with E-state index in [1.165, 1.54) is 6.92 Å². The van der Waals surface area contributed by atoms with E-state index < -0.39 is 0 Å². The van der Waals surface area contributed by atoms with Crippen LogP contribution >= 0.6 is 23.2 Å². The largest absolute Gasteiger partial charge is 0.425 e. The lowest BCUT2D eigenvalue weighted by Gasteiger charge is -2.02. The van der Waals surface area contributed by atoms with Crippen LogP contribution in [0.4, 0.5) is 5.69 Å². The molecule has 2 aromatic rings. The first-order valence-corrected chi connectivity index (χ1v) is 6.18. The number of para-hydroxylation sites is 2. The monoisotopic (exact) mass is 297 g/mol. The van der Waals surface area contributed by atoms with Gasteiger partial charge in [0.05, 0.1) is 5.69 Å². The molecule has 2 N–H and O–H groups in total. The molecule has 0 atom stereocenters. The van der Waals surface area contributed by atoms with Crippen LogP contribution in [0.25, 0.3) is 0 Å². The molecule has 0 fully saturated rings. The molecule has 0 saturated heterocycles. The number of carbonyl (C=O) groups is 1. The van der Waals surface area contributed by atoms with Gasteiger partial charge in [-0.2, -0.15) is 0 Å². The fourth-order valence-electron chi connectivity index (χ4n) is 1.19. The Labute approximate surface area is 121 Å². The topological polar surface area (TPSA) is 52.3 Å². The summed E-state index contributed by atoms with van der Waals surface area (Å²) < 4.78 is 4.78. The summed E-state index contributed by atoms with van der Waals surface area (Å²) in [5.74, 6) is 0.0582. The van der Waals surface area contributed by atoms with Crippen LogP contribution < -0.4 is 10.5 Å². The second-order valence-corrected chi connectivity index (χ2v) is 4.44. The van der Waals surface area contributed by atoms with E-state index in [0.29, 0.717) is 21.5 Å². The number of nitrogens with two attached hydrogens (primary N) is 1. The van der Waals surface area contributed by atoms with Gasteiger partial charge >= 0.3 is 5.97 Å². The maximum absolute atomic E-state index is 10.5. The minimum atomic E-state index is -0.358. The molecule has 0 aliphatic carbocycles. The highest BCUT2D eigenvalue weighted by atomic mass is 35.5. The quantitative estimate of drug-likeness (QED) is 0.488. The van der Waals surface area contributed by atoms with Crippen LogP contribution in [0.5, 0.6) is 5.75 Å². The third-order valence-electron chi connectivity index (χ3n) is 1.96. The molecule has 0 radical (unpaired) electrons. The van der Waals surface area contributed by atoms with E-state index in [2.05, 4.69) is 0 Å². The number of carbonyl (C=O) groups excluding carboxylic acids is 1. The van der Waals surface area contributed by atoms with Crippen LogP contribution in [0.15, 0.2) is 48.5 Å². The van der Waals surface area contributed by atoms with Gasteiger partial charge in [-0.25, -0.2) is 0 Å². The standard InChI is InChI=1S/C8H9NO2.C6H4Cl2/c1-6(10)11-8-5-3-2-4-7(8)9;7-5-2-1-3-6(8)4-5/h2-5H,9H2,1H3;1-4H. The Bertz CT molecular complexity index is 541. The molecular weight excluding hydrogens is 285 g/mol. The number of rotatable bonds is 1. The molecule has 19 heavy (non-hydrogen) atoms. The van der Waals surface area contributed by atoms with Gasteiger partial charge in [0.1, 0.15) is 0 Å². The van der Waals surface area contributed by atoms with E-state index in [-0.39, 0.29) is 5.97 Å². The molecule has 5 heteroatoms. The number of anilines is 1. The summed E-state index contributed by atoms with van der Waals surface area (Å²) in [6.45, 7) is 1.34. The van der Waals surface area contributed by atoms with Crippen LogP contribution in [0.2, 0.25) is 10.0 Å². The second kappa shape index (κ2) is 7.67.